The first-order chi connectivity index (χ1) is 6.74. The summed E-state index contributed by atoms with van der Waals surface area (Å²) in [6.45, 7) is 3.12. The van der Waals surface area contributed by atoms with Gasteiger partial charge in [-0.25, -0.2) is 0 Å². The molecule has 1 aromatic carbocycles. The van der Waals surface area contributed by atoms with Crippen molar-refractivity contribution in [2.75, 3.05) is 20.3 Å². The van der Waals surface area contributed by atoms with Gasteiger partial charge in [0.15, 0.2) is 0 Å². The van der Waals surface area contributed by atoms with Crippen LogP contribution in [0.25, 0.3) is 0 Å². The Bertz CT molecular complexity index is 274. The first-order valence-corrected chi connectivity index (χ1v) is 4.71. The maximum absolute atomic E-state index is 5.76. The fourth-order valence-corrected chi connectivity index (χ4v) is 1.13. The third-order valence-electron chi connectivity index (χ3n) is 1.94. The molecule has 0 aliphatic rings. The monoisotopic (exact) mass is 195 g/mol. The second kappa shape index (κ2) is 5.62. The van der Waals surface area contributed by atoms with Gasteiger partial charge < -0.3 is 15.2 Å². The number of methoxy groups -OCH3 is 1. The Hall–Kier alpha value is -1.06. The lowest BCUT2D eigenvalue weighted by atomic mass is 10.1. The predicted molar refractivity (Wildman–Crippen MR) is 56.4 cm³/mol. The molecule has 0 radical (unpaired) electrons. The standard InChI is InChI=1S/C11H17NO2/c1-9(12)10-4-3-5-11(8-10)14-7-6-13-2/h3-5,8-9H,6-7,12H2,1-2H3. The van der Waals surface area contributed by atoms with E-state index in [-0.39, 0.29) is 6.04 Å². The molecule has 0 heterocycles. The van der Waals surface area contributed by atoms with E-state index in [1.54, 1.807) is 7.11 Å². The predicted octanol–water partition coefficient (Wildman–Crippen LogP) is 1.73. The summed E-state index contributed by atoms with van der Waals surface area (Å²) >= 11 is 0. The lowest BCUT2D eigenvalue weighted by Crippen LogP contribution is -2.07. The van der Waals surface area contributed by atoms with Crippen LogP contribution < -0.4 is 10.5 Å². The van der Waals surface area contributed by atoms with Crippen molar-refractivity contribution >= 4 is 0 Å². The van der Waals surface area contributed by atoms with Gasteiger partial charge in [0.1, 0.15) is 12.4 Å². The second-order valence-electron chi connectivity index (χ2n) is 3.20. The summed E-state index contributed by atoms with van der Waals surface area (Å²) in [6.07, 6.45) is 0. The Morgan fingerprint density at radius 1 is 1.36 bits per heavy atom. The third kappa shape index (κ3) is 3.36. The first kappa shape index (κ1) is 11.0. The molecule has 1 rings (SSSR count). The van der Waals surface area contributed by atoms with Crippen molar-refractivity contribution in [3.05, 3.63) is 29.8 Å². The summed E-state index contributed by atoms with van der Waals surface area (Å²) in [7, 11) is 1.65. The van der Waals surface area contributed by atoms with E-state index >= 15 is 0 Å². The van der Waals surface area contributed by atoms with Crippen LogP contribution in [-0.4, -0.2) is 20.3 Å². The fraction of sp³-hybridized carbons (Fsp3) is 0.455. The quantitative estimate of drug-likeness (QED) is 0.728. The zero-order valence-corrected chi connectivity index (χ0v) is 8.69. The molecule has 1 atom stereocenters. The average Bonchev–Trinajstić information content (AvgIpc) is 2.19. The summed E-state index contributed by atoms with van der Waals surface area (Å²) in [5, 5.41) is 0. The van der Waals surface area contributed by atoms with Crippen LogP contribution in [0.5, 0.6) is 5.75 Å². The minimum absolute atomic E-state index is 0.0426. The number of benzene rings is 1. The van der Waals surface area contributed by atoms with Crippen LogP contribution in [0.4, 0.5) is 0 Å². The smallest absolute Gasteiger partial charge is 0.119 e. The molecule has 0 aromatic heterocycles. The maximum atomic E-state index is 5.76. The van der Waals surface area contributed by atoms with Crippen molar-refractivity contribution in [2.45, 2.75) is 13.0 Å². The van der Waals surface area contributed by atoms with Crippen LogP contribution in [-0.2, 0) is 4.74 Å². The third-order valence-corrected chi connectivity index (χ3v) is 1.94. The molecule has 78 valence electrons. The van der Waals surface area contributed by atoms with Gasteiger partial charge in [0.05, 0.1) is 6.61 Å². The molecule has 0 saturated carbocycles. The molecular formula is C11H17NO2. The number of hydrogen-bond acceptors (Lipinski definition) is 3. The molecule has 14 heavy (non-hydrogen) atoms. The number of nitrogens with two attached hydrogens (primary N) is 1. The summed E-state index contributed by atoms with van der Waals surface area (Å²) in [6, 6.07) is 7.86. The summed E-state index contributed by atoms with van der Waals surface area (Å²) in [4.78, 5) is 0. The molecule has 0 spiro atoms. The highest BCUT2D eigenvalue weighted by molar-refractivity contribution is 5.30. The van der Waals surface area contributed by atoms with Crippen LogP contribution in [0.1, 0.15) is 18.5 Å². The van der Waals surface area contributed by atoms with E-state index in [4.69, 9.17) is 15.2 Å². The highest BCUT2D eigenvalue weighted by Crippen LogP contribution is 2.17. The number of ether oxygens (including phenoxy) is 2. The number of rotatable bonds is 5. The van der Waals surface area contributed by atoms with Gasteiger partial charge in [0.2, 0.25) is 0 Å². The Labute approximate surface area is 84.8 Å². The molecule has 2 N–H and O–H groups in total. The van der Waals surface area contributed by atoms with Gasteiger partial charge >= 0.3 is 0 Å². The molecule has 0 aliphatic carbocycles. The van der Waals surface area contributed by atoms with Gasteiger partial charge in [0.25, 0.3) is 0 Å². The van der Waals surface area contributed by atoms with Crippen LogP contribution in [0.15, 0.2) is 24.3 Å². The first-order valence-electron chi connectivity index (χ1n) is 4.71. The summed E-state index contributed by atoms with van der Waals surface area (Å²) in [5.41, 5.74) is 6.84. The molecule has 3 heteroatoms. The SMILES string of the molecule is COCCOc1cccc(C(C)N)c1. The summed E-state index contributed by atoms with van der Waals surface area (Å²) < 4.78 is 10.3. The van der Waals surface area contributed by atoms with E-state index in [1.807, 2.05) is 31.2 Å². The molecule has 3 nitrogen and oxygen atoms in total. The van der Waals surface area contributed by atoms with Crippen LogP contribution in [0.2, 0.25) is 0 Å². The number of hydrogen-bond donors (Lipinski definition) is 1. The van der Waals surface area contributed by atoms with E-state index < -0.39 is 0 Å². The lowest BCUT2D eigenvalue weighted by molar-refractivity contribution is 0.146. The van der Waals surface area contributed by atoms with Gasteiger partial charge in [-0.2, -0.15) is 0 Å². The summed E-state index contributed by atoms with van der Waals surface area (Å²) in [5.74, 6) is 0.844. The second-order valence-corrected chi connectivity index (χ2v) is 3.20. The van der Waals surface area contributed by atoms with E-state index in [0.717, 1.165) is 11.3 Å². The highest BCUT2D eigenvalue weighted by atomic mass is 16.5. The minimum Gasteiger partial charge on any atom is -0.491 e. The van der Waals surface area contributed by atoms with Crippen molar-refractivity contribution in [2.24, 2.45) is 5.73 Å². The minimum atomic E-state index is 0.0426. The average molecular weight is 195 g/mol. The highest BCUT2D eigenvalue weighted by Gasteiger charge is 2.00. The Kier molecular flexibility index (Phi) is 4.43. The van der Waals surface area contributed by atoms with Crippen LogP contribution in [0.3, 0.4) is 0 Å². The van der Waals surface area contributed by atoms with Crippen molar-refractivity contribution in [1.82, 2.24) is 0 Å². The van der Waals surface area contributed by atoms with Gasteiger partial charge in [-0.3, -0.25) is 0 Å². The van der Waals surface area contributed by atoms with E-state index in [1.165, 1.54) is 0 Å². The molecule has 0 bridgehead atoms. The Balaban J connectivity index is 2.55. The van der Waals surface area contributed by atoms with Crippen molar-refractivity contribution < 1.29 is 9.47 Å². The molecule has 1 unspecified atom stereocenters. The normalized spacial score (nSPS) is 12.5. The molecule has 0 aliphatic heterocycles. The van der Waals surface area contributed by atoms with Gasteiger partial charge in [-0.1, -0.05) is 12.1 Å². The van der Waals surface area contributed by atoms with E-state index in [0.29, 0.717) is 13.2 Å². The topological polar surface area (TPSA) is 44.5 Å². The molecular weight excluding hydrogens is 178 g/mol. The van der Waals surface area contributed by atoms with Crippen LogP contribution in [0, 0.1) is 0 Å². The van der Waals surface area contributed by atoms with Crippen molar-refractivity contribution in [3.8, 4) is 5.75 Å². The molecule has 0 amide bonds. The fourth-order valence-electron chi connectivity index (χ4n) is 1.13. The molecule has 0 saturated heterocycles. The molecule has 0 fully saturated rings. The van der Waals surface area contributed by atoms with Gasteiger partial charge in [-0.05, 0) is 24.6 Å². The van der Waals surface area contributed by atoms with Crippen LogP contribution >= 0.6 is 0 Å². The van der Waals surface area contributed by atoms with Crippen molar-refractivity contribution in [1.29, 1.82) is 0 Å². The van der Waals surface area contributed by atoms with Gasteiger partial charge in [-0.15, -0.1) is 0 Å². The maximum Gasteiger partial charge on any atom is 0.119 e. The molecule has 1 aromatic rings. The zero-order valence-electron chi connectivity index (χ0n) is 8.69. The zero-order chi connectivity index (χ0) is 10.4. The van der Waals surface area contributed by atoms with Gasteiger partial charge in [0, 0.05) is 13.2 Å². The Morgan fingerprint density at radius 3 is 2.79 bits per heavy atom. The largest absolute Gasteiger partial charge is 0.491 e. The van der Waals surface area contributed by atoms with Crippen molar-refractivity contribution in [3.63, 3.8) is 0 Å². The van der Waals surface area contributed by atoms with E-state index in [2.05, 4.69) is 0 Å². The Morgan fingerprint density at radius 2 is 2.14 bits per heavy atom. The van der Waals surface area contributed by atoms with E-state index in [9.17, 15) is 0 Å². The lowest BCUT2D eigenvalue weighted by Gasteiger charge is -2.09.